The number of nitrogens with zero attached hydrogens (tertiary/aromatic N) is 1. The number of carbonyl (C=O) groups is 1. The SMILES string of the molecule is CNC(=O)CCN(C)S(=O)(=O)c1ccc(F)c(N)c1F. The van der Waals surface area contributed by atoms with Gasteiger partial charge in [0.1, 0.15) is 16.4 Å². The van der Waals surface area contributed by atoms with E-state index in [1.54, 1.807) is 0 Å². The van der Waals surface area contributed by atoms with Crippen LogP contribution in [0.25, 0.3) is 0 Å². The van der Waals surface area contributed by atoms with Gasteiger partial charge in [-0.05, 0) is 12.1 Å². The van der Waals surface area contributed by atoms with E-state index >= 15 is 0 Å². The monoisotopic (exact) mass is 307 g/mol. The third kappa shape index (κ3) is 3.23. The van der Waals surface area contributed by atoms with Gasteiger partial charge in [-0.1, -0.05) is 0 Å². The first-order chi connectivity index (χ1) is 9.21. The molecule has 0 aliphatic carbocycles. The lowest BCUT2D eigenvalue weighted by Crippen LogP contribution is -2.32. The second-order valence-corrected chi connectivity index (χ2v) is 6.04. The second kappa shape index (κ2) is 6.14. The fourth-order valence-corrected chi connectivity index (χ4v) is 2.66. The van der Waals surface area contributed by atoms with Crippen molar-refractivity contribution in [3.8, 4) is 0 Å². The zero-order chi connectivity index (χ0) is 15.5. The maximum Gasteiger partial charge on any atom is 0.245 e. The number of hydrogen-bond donors (Lipinski definition) is 2. The maximum absolute atomic E-state index is 13.7. The highest BCUT2D eigenvalue weighted by molar-refractivity contribution is 7.89. The Morgan fingerprint density at radius 3 is 2.55 bits per heavy atom. The number of nitrogens with two attached hydrogens (primary N) is 1. The van der Waals surface area contributed by atoms with E-state index in [1.165, 1.54) is 14.1 Å². The molecule has 1 amide bonds. The maximum atomic E-state index is 13.7. The Hall–Kier alpha value is -1.74. The Bertz CT molecular complexity index is 620. The molecule has 0 bridgehead atoms. The quantitative estimate of drug-likeness (QED) is 0.765. The van der Waals surface area contributed by atoms with Crippen LogP contribution in [0, 0.1) is 11.6 Å². The zero-order valence-electron chi connectivity index (χ0n) is 11.0. The number of nitrogen functional groups attached to an aromatic ring is 1. The van der Waals surface area contributed by atoms with Gasteiger partial charge in [0.2, 0.25) is 15.9 Å². The predicted octanol–water partition coefficient (Wildman–Crippen LogP) is 0.304. The molecule has 0 unspecified atom stereocenters. The molecule has 9 heteroatoms. The van der Waals surface area contributed by atoms with Crippen molar-refractivity contribution in [3.63, 3.8) is 0 Å². The lowest BCUT2D eigenvalue weighted by Gasteiger charge is -2.17. The number of anilines is 1. The molecule has 0 radical (unpaired) electrons. The molecular weight excluding hydrogens is 292 g/mol. The molecule has 0 aliphatic heterocycles. The van der Waals surface area contributed by atoms with Crippen molar-refractivity contribution in [2.75, 3.05) is 26.4 Å². The summed E-state index contributed by atoms with van der Waals surface area (Å²) in [6, 6.07) is 1.57. The van der Waals surface area contributed by atoms with Crippen LogP contribution in [0.3, 0.4) is 0 Å². The van der Waals surface area contributed by atoms with Gasteiger partial charge in [-0.25, -0.2) is 21.5 Å². The first-order valence-corrected chi connectivity index (χ1v) is 7.06. The third-order valence-corrected chi connectivity index (χ3v) is 4.59. The van der Waals surface area contributed by atoms with Crippen LogP contribution in [0.1, 0.15) is 6.42 Å². The molecule has 6 nitrogen and oxygen atoms in total. The topological polar surface area (TPSA) is 92.5 Å². The van der Waals surface area contributed by atoms with Gasteiger partial charge in [0.15, 0.2) is 5.82 Å². The van der Waals surface area contributed by atoms with Crippen LogP contribution in [0.15, 0.2) is 17.0 Å². The van der Waals surface area contributed by atoms with Crippen molar-refractivity contribution >= 4 is 21.6 Å². The summed E-state index contributed by atoms with van der Waals surface area (Å²) in [5.74, 6) is -2.72. The summed E-state index contributed by atoms with van der Waals surface area (Å²) >= 11 is 0. The van der Waals surface area contributed by atoms with Gasteiger partial charge in [-0.3, -0.25) is 4.79 Å². The summed E-state index contributed by atoms with van der Waals surface area (Å²) in [5, 5.41) is 2.34. The number of amides is 1. The Morgan fingerprint density at radius 2 is 2.00 bits per heavy atom. The van der Waals surface area contributed by atoms with E-state index < -0.39 is 32.2 Å². The van der Waals surface area contributed by atoms with E-state index in [1.807, 2.05) is 0 Å². The average Bonchev–Trinajstić information content (AvgIpc) is 2.41. The molecule has 1 aromatic carbocycles. The minimum absolute atomic E-state index is 0.0788. The van der Waals surface area contributed by atoms with E-state index in [9.17, 15) is 22.0 Å². The molecule has 1 aromatic rings. The number of benzene rings is 1. The molecule has 0 saturated carbocycles. The highest BCUT2D eigenvalue weighted by atomic mass is 32.2. The summed E-state index contributed by atoms with van der Waals surface area (Å²) in [5.41, 5.74) is 4.27. The molecule has 0 aromatic heterocycles. The third-order valence-electron chi connectivity index (χ3n) is 2.71. The fourth-order valence-electron chi connectivity index (χ4n) is 1.42. The lowest BCUT2D eigenvalue weighted by atomic mass is 10.3. The van der Waals surface area contributed by atoms with Crippen molar-refractivity contribution in [1.82, 2.24) is 9.62 Å². The van der Waals surface area contributed by atoms with Gasteiger partial charge in [0.05, 0.1) is 0 Å². The van der Waals surface area contributed by atoms with E-state index in [2.05, 4.69) is 5.32 Å². The molecule has 0 aliphatic rings. The van der Waals surface area contributed by atoms with Crippen LogP contribution >= 0.6 is 0 Å². The van der Waals surface area contributed by atoms with Crippen LogP contribution in [-0.4, -0.2) is 39.3 Å². The molecular formula is C11H15F2N3O3S. The van der Waals surface area contributed by atoms with Gasteiger partial charge >= 0.3 is 0 Å². The van der Waals surface area contributed by atoms with Crippen LogP contribution in [0.4, 0.5) is 14.5 Å². The number of sulfonamides is 1. The van der Waals surface area contributed by atoms with Crippen molar-refractivity contribution in [2.45, 2.75) is 11.3 Å². The Labute approximate surface area is 115 Å². The summed E-state index contributed by atoms with van der Waals surface area (Å²) < 4.78 is 51.7. The van der Waals surface area contributed by atoms with E-state index in [-0.39, 0.29) is 18.9 Å². The molecule has 0 saturated heterocycles. The minimum atomic E-state index is -4.18. The molecule has 3 N–H and O–H groups in total. The number of nitrogens with one attached hydrogen (secondary N) is 1. The normalized spacial score (nSPS) is 11.7. The van der Waals surface area contributed by atoms with Gasteiger partial charge < -0.3 is 11.1 Å². The summed E-state index contributed by atoms with van der Waals surface area (Å²) in [6.07, 6.45) is -0.0788. The van der Waals surface area contributed by atoms with Crippen LogP contribution in [0.5, 0.6) is 0 Å². The van der Waals surface area contributed by atoms with Crippen LogP contribution in [0.2, 0.25) is 0 Å². The molecule has 0 atom stereocenters. The van der Waals surface area contributed by atoms with Gasteiger partial charge in [0.25, 0.3) is 0 Å². The van der Waals surface area contributed by atoms with Crippen LogP contribution < -0.4 is 11.1 Å². The average molecular weight is 307 g/mol. The van der Waals surface area contributed by atoms with Gasteiger partial charge in [-0.2, -0.15) is 0 Å². The highest BCUT2D eigenvalue weighted by Gasteiger charge is 2.27. The van der Waals surface area contributed by atoms with E-state index in [0.717, 1.165) is 16.4 Å². The summed E-state index contributed by atoms with van der Waals surface area (Å²) in [4.78, 5) is 10.3. The lowest BCUT2D eigenvalue weighted by molar-refractivity contribution is -0.120. The van der Waals surface area contributed by atoms with Gasteiger partial charge in [-0.15, -0.1) is 0 Å². The van der Waals surface area contributed by atoms with E-state index in [4.69, 9.17) is 5.73 Å². The largest absolute Gasteiger partial charge is 0.394 e. The number of halogens is 2. The number of hydrogen-bond acceptors (Lipinski definition) is 4. The Kier molecular flexibility index (Phi) is 5.01. The molecule has 1 rings (SSSR count). The number of rotatable bonds is 5. The molecule has 0 fully saturated rings. The van der Waals surface area contributed by atoms with Crippen molar-refractivity contribution in [3.05, 3.63) is 23.8 Å². The van der Waals surface area contributed by atoms with Gasteiger partial charge in [0, 0.05) is 27.1 Å². The van der Waals surface area contributed by atoms with Crippen molar-refractivity contribution in [2.24, 2.45) is 0 Å². The van der Waals surface area contributed by atoms with E-state index in [0.29, 0.717) is 0 Å². The van der Waals surface area contributed by atoms with Crippen molar-refractivity contribution in [1.29, 1.82) is 0 Å². The number of carbonyl (C=O) groups excluding carboxylic acids is 1. The summed E-state index contributed by atoms with van der Waals surface area (Å²) in [6.45, 7) is -0.140. The molecule has 112 valence electrons. The Morgan fingerprint density at radius 1 is 1.40 bits per heavy atom. The molecule has 20 heavy (non-hydrogen) atoms. The second-order valence-electron chi connectivity index (χ2n) is 4.02. The standard InChI is InChI=1S/C11H15F2N3O3S/c1-15-9(17)5-6-16(2)20(18,19)8-4-3-7(12)11(14)10(8)13/h3-4H,5-6,14H2,1-2H3,(H,15,17). The molecule has 0 heterocycles. The summed E-state index contributed by atoms with van der Waals surface area (Å²) in [7, 11) is -1.58. The molecule has 0 spiro atoms. The van der Waals surface area contributed by atoms with Crippen LogP contribution in [-0.2, 0) is 14.8 Å². The predicted molar refractivity (Wildman–Crippen MR) is 69.3 cm³/mol. The first kappa shape index (κ1) is 16.3. The minimum Gasteiger partial charge on any atom is -0.394 e. The fraction of sp³-hybridized carbons (Fsp3) is 0.364. The highest BCUT2D eigenvalue weighted by Crippen LogP contribution is 2.24. The first-order valence-electron chi connectivity index (χ1n) is 5.62. The zero-order valence-corrected chi connectivity index (χ0v) is 11.8. The smallest absolute Gasteiger partial charge is 0.245 e. The Balaban J connectivity index is 3.05. The van der Waals surface area contributed by atoms with Crippen molar-refractivity contribution < 1.29 is 22.0 Å².